The van der Waals surface area contributed by atoms with Gasteiger partial charge in [-0.1, -0.05) is 30.3 Å². The van der Waals surface area contributed by atoms with E-state index in [0.717, 1.165) is 11.1 Å². The van der Waals surface area contributed by atoms with Crippen molar-refractivity contribution in [3.8, 4) is 11.1 Å². The van der Waals surface area contributed by atoms with Crippen LogP contribution in [0.5, 0.6) is 0 Å². The number of aliphatic carboxylic acids is 1. The summed E-state index contributed by atoms with van der Waals surface area (Å²) in [6, 6.07) is 12.2. The number of amides is 2. The van der Waals surface area contributed by atoms with Gasteiger partial charge in [-0.05, 0) is 36.0 Å². The first kappa shape index (κ1) is 20.7. The number of hydrogen-bond acceptors (Lipinski definition) is 5. The van der Waals surface area contributed by atoms with Gasteiger partial charge in [-0.25, -0.2) is 0 Å². The number of likely N-dealkylation sites (tertiary alicyclic amines) is 1. The summed E-state index contributed by atoms with van der Waals surface area (Å²) in [5.74, 6) is -4.04. The van der Waals surface area contributed by atoms with Crippen LogP contribution in [0, 0.1) is 5.92 Å². The first-order valence-electron chi connectivity index (χ1n) is 10.3. The predicted molar refractivity (Wildman–Crippen MR) is 111 cm³/mol. The first-order valence-corrected chi connectivity index (χ1v) is 10.3. The van der Waals surface area contributed by atoms with E-state index < -0.39 is 36.0 Å². The van der Waals surface area contributed by atoms with Gasteiger partial charge in [0.25, 0.3) is 0 Å². The number of carbonyl (C=O) groups is 4. The van der Waals surface area contributed by atoms with E-state index in [0.29, 0.717) is 11.6 Å². The van der Waals surface area contributed by atoms with Crippen molar-refractivity contribution in [2.24, 2.45) is 5.92 Å². The molecule has 8 heteroatoms. The van der Waals surface area contributed by atoms with E-state index in [4.69, 9.17) is 5.11 Å². The van der Waals surface area contributed by atoms with Gasteiger partial charge in [0.15, 0.2) is 11.7 Å². The van der Waals surface area contributed by atoms with Gasteiger partial charge in [0.05, 0.1) is 12.2 Å². The number of benzene rings is 1. The molecule has 160 valence electrons. The second-order valence-electron chi connectivity index (χ2n) is 7.96. The van der Waals surface area contributed by atoms with Gasteiger partial charge >= 0.3 is 5.97 Å². The third-order valence-electron chi connectivity index (χ3n) is 5.66. The zero-order valence-corrected chi connectivity index (χ0v) is 16.9. The van der Waals surface area contributed by atoms with Crippen LogP contribution in [0.4, 0.5) is 0 Å². The van der Waals surface area contributed by atoms with Crippen LogP contribution >= 0.6 is 0 Å². The Bertz CT molecular complexity index is 1010. The van der Waals surface area contributed by atoms with Crippen LogP contribution in [0.15, 0.2) is 42.6 Å². The summed E-state index contributed by atoms with van der Waals surface area (Å²) in [4.78, 5) is 53.4. The number of carbonyl (C=O) groups excluding carboxylic acids is 3. The number of hydrogen-bond donors (Lipinski definition) is 2. The molecule has 0 spiro atoms. The van der Waals surface area contributed by atoms with Gasteiger partial charge in [0, 0.05) is 24.7 Å². The van der Waals surface area contributed by atoms with E-state index in [1.807, 2.05) is 12.1 Å². The Morgan fingerprint density at radius 1 is 1.06 bits per heavy atom. The quantitative estimate of drug-likeness (QED) is 0.658. The van der Waals surface area contributed by atoms with Crippen LogP contribution in [0.25, 0.3) is 11.1 Å². The molecule has 1 saturated heterocycles. The third-order valence-corrected chi connectivity index (χ3v) is 5.66. The smallest absolute Gasteiger partial charge is 0.322 e. The Morgan fingerprint density at radius 2 is 1.77 bits per heavy atom. The van der Waals surface area contributed by atoms with Crippen molar-refractivity contribution in [3.63, 3.8) is 0 Å². The Morgan fingerprint density at radius 3 is 2.39 bits per heavy atom. The number of aromatic nitrogens is 1. The van der Waals surface area contributed by atoms with Gasteiger partial charge in [0.1, 0.15) is 6.54 Å². The van der Waals surface area contributed by atoms with Crippen LogP contribution in [0.3, 0.4) is 0 Å². The number of piperidine rings is 1. The number of Topliss-reactive ketones (excluding diaryl/α,β-unsaturated/α-hetero) is 1. The van der Waals surface area contributed by atoms with Crippen molar-refractivity contribution < 1.29 is 24.3 Å². The van der Waals surface area contributed by atoms with Gasteiger partial charge in [-0.2, -0.15) is 0 Å². The lowest BCUT2D eigenvalue weighted by atomic mass is 9.94. The molecule has 1 aliphatic heterocycles. The Balaban J connectivity index is 1.41. The van der Waals surface area contributed by atoms with Crippen LogP contribution in [-0.4, -0.2) is 51.6 Å². The lowest BCUT2D eigenvalue weighted by molar-refractivity contribution is -0.152. The number of pyridine rings is 1. The fraction of sp³-hybridized carbons (Fsp3) is 0.348. The number of rotatable bonds is 7. The molecule has 1 aliphatic carbocycles. The lowest BCUT2D eigenvalue weighted by Gasteiger charge is -2.30. The summed E-state index contributed by atoms with van der Waals surface area (Å²) in [7, 11) is 0. The maximum atomic E-state index is 12.7. The van der Waals surface area contributed by atoms with Gasteiger partial charge in [0.2, 0.25) is 11.8 Å². The minimum absolute atomic E-state index is 0.0440. The topological polar surface area (TPSA) is 117 Å². The molecule has 4 rings (SSSR count). The monoisotopic (exact) mass is 421 g/mol. The van der Waals surface area contributed by atoms with E-state index >= 15 is 0 Å². The zero-order valence-electron chi connectivity index (χ0n) is 16.9. The largest absolute Gasteiger partial charge is 0.480 e. The number of carboxylic acid groups (broad SMARTS) is 1. The lowest BCUT2D eigenvalue weighted by Crippen LogP contribution is -2.52. The highest BCUT2D eigenvalue weighted by molar-refractivity contribution is 6.19. The van der Waals surface area contributed by atoms with E-state index in [-0.39, 0.29) is 19.5 Å². The summed E-state index contributed by atoms with van der Waals surface area (Å²) in [6.07, 6.45) is 4.32. The number of ketones is 1. The van der Waals surface area contributed by atoms with Crippen LogP contribution in [0.1, 0.15) is 36.4 Å². The molecule has 2 aromatic rings. The van der Waals surface area contributed by atoms with Gasteiger partial charge in [-0.15, -0.1) is 0 Å². The van der Waals surface area contributed by atoms with Crippen molar-refractivity contribution in [2.75, 3.05) is 13.1 Å². The average Bonchev–Trinajstić information content (AvgIpc) is 3.60. The standard InChI is InChI=1S/C23H23N3O5/c27-19-9-10-26(23(31)21(19)22(30)25-12-20(28)29)13-18-8-7-17(11-24-18)16-5-3-15(4-6-16)14-1-2-14/h3-8,11,14,21H,1-2,9-10,12-13H2,(H,25,30)(H,28,29). The van der Waals surface area contributed by atoms with Crippen molar-refractivity contribution in [2.45, 2.75) is 31.7 Å². The molecule has 1 atom stereocenters. The molecule has 2 fully saturated rings. The second-order valence-corrected chi connectivity index (χ2v) is 7.96. The van der Waals surface area contributed by atoms with Crippen LogP contribution in [0.2, 0.25) is 0 Å². The normalized spacial score (nSPS) is 18.7. The van der Waals surface area contributed by atoms with E-state index in [1.165, 1.54) is 23.3 Å². The number of nitrogens with zero attached hydrogens (tertiary/aromatic N) is 2. The van der Waals surface area contributed by atoms with Crippen molar-refractivity contribution >= 4 is 23.6 Å². The number of carboxylic acids is 1. The number of nitrogens with one attached hydrogen (secondary N) is 1. The molecule has 31 heavy (non-hydrogen) atoms. The van der Waals surface area contributed by atoms with E-state index in [2.05, 4.69) is 34.6 Å². The molecular weight excluding hydrogens is 398 g/mol. The van der Waals surface area contributed by atoms with Crippen LogP contribution < -0.4 is 5.32 Å². The van der Waals surface area contributed by atoms with Crippen molar-refractivity contribution in [1.82, 2.24) is 15.2 Å². The SMILES string of the molecule is O=C(O)CNC(=O)C1C(=O)CCN(Cc2ccc(-c3ccc(C4CC4)cc3)cn2)C1=O. The maximum absolute atomic E-state index is 12.7. The summed E-state index contributed by atoms with van der Waals surface area (Å²) in [6.45, 7) is -0.261. The molecule has 2 heterocycles. The highest BCUT2D eigenvalue weighted by atomic mass is 16.4. The average molecular weight is 421 g/mol. The molecule has 1 unspecified atom stereocenters. The minimum atomic E-state index is -1.50. The molecule has 1 aromatic carbocycles. The molecule has 0 bridgehead atoms. The van der Waals surface area contributed by atoms with Gasteiger partial charge < -0.3 is 15.3 Å². The fourth-order valence-electron chi connectivity index (χ4n) is 3.75. The molecule has 0 radical (unpaired) electrons. The molecule has 2 N–H and O–H groups in total. The Kier molecular flexibility index (Phi) is 5.79. The molecular formula is C23H23N3O5. The molecule has 1 aromatic heterocycles. The fourth-order valence-corrected chi connectivity index (χ4v) is 3.75. The third kappa shape index (κ3) is 4.79. The Labute approximate surface area is 179 Å². The second kappa shape index (κ2) is 8.67. The predicted octanol–water partition coefficient (Wildman–Crippen LogP) is 1.74. The molecule has 1 saturated carbocycles. The minimum Gasteiger partial charge on any atom is -0.480 e. The molecule has 8 nitrogen and oxygen atoms in total. The Hall–Kier alpha value is -3.55. The summed E-state index contributed by atoms with van der Waals surface area (Å²) in [5, 5.41) is 10.8. The van der Waals surface area contributed by atoms with E-state index in [9.17, 15) is 19.2 Å². The molecule has 2 amide bonds. The maximum Gasteiger partial charge on any atom is 0.322 e. The zero-order chi connectivity index (χ0) is 22.0. The summed E-state index contributed by atoms with van der Waals surface area (Å²) < 4.78 is 0. The highest BCUT2D eigenvalue weighted by Crippen LogP contribution is 2.40. The summed E-state index contributed by atoms with van der Waals surface area (Å²) in [5.41, 5.74) is 4.05. The van der Waals surface area contributed by atoms with Gasteiger partial charge in [-0.3, -0.25) is 24.2 Å². The van der Waals surface area contributed by atoms with E-state index in [1.54, 1.807) is 6.20 Å². The van der Waals surface area contributed by atoms with Crippen molar-refractivity contribution in [1.29, 1.82) is 0 Å². The first-order chi connectivity index (χ1) is 14.9. The molecule has 2 aliphatic rings. The summed E-state index contributed by atoms with van der Waals surface area (Å²) >= 11 is 0. The van der Waals surface area contributed by atoms with Crippen LogP contribution in [-0.2, 0) is 25.7 Å². The van der Waals surface area contributed by atoms with Crippen molar-refractivity contribution in [3.05, 3.63) is 53.9 Å². The highest BCUT2D eigenvalue weighted by Gasteiger charge is 2.40.